The van der Waals surface area contributed by atoms with Gasteiger partial charge in [-0.3, -0.25) is 0 Å². The minimum absolute atomic E-state index is 0.324. The quantitative estimate of drug-likeness (QED) is 0.217. The Morgan fingerprint density at radius 2 is 1.26 bits per heavy atom. The number of aromatic nitrogens is 4. The number of hydrogen-bond acceptors (Lipinski definition) is 4. The van der Waals surface area contributed by atoms with Gasteiger partial charge in [0.05, 0.1) is 29.4 Å². The molecule has 6 heteroatoms. The lowest BCUT2D eigenvalue weighted by Gasteiger charge is -2.07. The highest BCUT2D eigenvalue weighted by Crippen LogP contribution is 2.40. The molecule has 2 aliphatic heterocycles. The van der Waals surface area contributed by atoms with Crippen LogP contribution in [0.25, 0.3) is 50.4 Å². The van der Waals surface area contributed by atoms with E-state index in [0.717, 1.165) is 92.8 Å². The molecule has 0 fully saturated rings. The molecule has 224 valence electrons. The topological polar surface area (TPSA) is 83.7 Å². The summed E-state index contributed by atoms with van der Waals surface area (Å²) in [4.78, 5) is 30.5. The second-order valence-electron chi connectivity index (χ2n) is 11.4. The Kier molecular flexibility index (Phi) is 8.59. The van der Waals surface area contributed by atoms with Crippen LogP contribution in [-0.4, -0.2) is 32.5 Å². The molecule has 5 rings (SSSR count). The standard InChI is InChI=1S/C37H44N4O2/c1-10-24-21(7)30-18-34-26(12-3)23(9)36(41-34)28(15-16-35(42)43-14-5)37-27(13-4)22(8)31(40-37)19-33-25(11-2)20(6)29(38-33)17-32(24)39-30/h15-19,38-39H,10-14H2,1-9H3/b16-15+,29-17?,30-18?,31-19?,32-17?,33-19?,34-18?,36-28?,37-28?. The van der Waals surface area contributed by atoms with Gasteiger partial charge < -0.3 is 14.7 Å². The maximum Gasteiger partial charge on any atom is 0.330 e. The highest BCUT2D eigenvalue weighted by atomic mass is 16.5. The minimum atomic E-state index is -0.373. The van der Waals surface area contributed by atoms with Gasteiger partial charge in [0.25, 0.3) is 0 Å². The molecule has 6 nitrogen and oxygen atoms in total. The Balaban J connectivity index is 2.03. The van der Waals surface area contributed by atoms with Crippen LogP contribution in [0.2, 0.25) is 0 Å². The van der Waals surface area contributed by atoms with Crippen LogP contribution in [0, 0.1) is 13.8 Å². The number of carbonyl (C=O) groups excluding carboxylic acids is 1. The van der Waals surface area contributed by atoms with Crippen LogP contribution in [0.4, 0.5) is 0 Å². The summed E-state index contributed by atoms with van der Waals surface area (Å²) in [6.07, 6.45) is 6.85. The van der Waals surface area contributed by atoms with Gasteiger partial charge in [-0.05, 0) is 129 Å². The van der Waals surface area contributed by atoms with Gasteiger partial charge in [-0.1, -0.05) is 27.7 Å². The molecule has 2 N–H and O–H groups in total. The van der Waals surface area contributed by atoms with Crippen LogP contribution in [0.3, 0.4) is 0 Å². The van der Waals surface area contributed by atoms with Gasteiger partial charge >= 0.3 is 5.97 Å². The van der Waals surface area contributed by atoms with E-state index >= 15 is 0 Å². The number of ether oxygens (including phenoxy) is 1. The van der Waals surface area contributed by atoms with Crippen molar-refractivity contribution in [2.24, 2.45) is 0 Å². The fourth-order valence-electron chi connectivity index (χ4n) is 6.67. The smallest absolute Gasteiger partial charge is 0.330 e. The van der Waals surface area contributed by atoms with E-state index in [2.05, 4.69) is 83.6 Å². The number of allylic oxidation sites excluding steroid dienone is 4. The normalized spacial score (nSPS) is 13.5. The van der Waals surface area contributed by atoms with Crippen molar-refractivity contribution in [1.82, 2.24) is 19.9 Å². The molecule has 3 aromatic rings. The maximum atomic E-state index is 12.5. The number of hydrogen-bond donors (Lipinski definition) is 2. The van der Waals surface area contributed by atoms with E-state index in [1.165, 1.54) is 33.9 Å². The van der Waals surface area contributed by atoms with Crippen LogP contribution in [0.1, 0.15) is 112 Å². The van der Waals surface area contributed by atoms with Crippen molar-refractivity contribution in [3.8, 4) is 0 Å². The van der Waals surface area contributed by atoms with Crippen molar-refractivity contribution < 1.29 is 9.53 Å². The first-order valence-electron chi connectivity index (χ1n) is 15.7. The molecule has 8 bridgehead atoms. The average molecular weight is 577 g/mol. The summed E-state index contributed by atoms with van der Waals surface area (Å²) in [6, 6.07) is 6.64. The van der Waals surface area contributed by atoms with E-state index in [1.54, 1.807) is 0 Å². The first-order chi connectivity index (χ1) is 20.7. The Morgan fingerprint density at radius 1 is 0.698 bits per heavy atom. The molecule has 5 heterocycles. The predicted molar refractivity (Wildman–Crippen MR) is 180 cm³/mol. The molecule has 0 radical (unpaired) electrons. The zero-order valence-electron chi connectivity index (χ0n) is 27.1. The monoisotopic (exact) mass is 576 g/mol. The SMILES string of the molecule is CCOC(=O)/C=C/c1c2nc(cc3[nH]c(cc4[nH]c(cc5nc1C(CC)=C5C)c(CC)c4C)c(CC)c3C)C(CC)=C2C. The molecular formula is C37H44N4O2. The van der Waals surface area contributed by atoms with Gasteiger partial charge in [0.15, 0.2) is 0 Å². The molecule has 0 saturated heterocycles. The summed E-state index contributed by atoms with van der Waals surface area (Å²) in [5.74, 6) is -0.373. The third-order valence-electron chi connectivity index (χ3n) is 9.05. The molecule has 0 saturated carbocycles. The summed E-state index contributed by atoms with van der Waals surface area (Å²) in [6.45, 7) is 19.6. The minimum Gasteiger partial charge on any atom is -0.463 e. The number of esters is 1. The summed E-state index contributed by atoms with van der Waals surface area (Å²) in [5.41, 5.74) is 18.6. The lowest BCUT2D eigenvalue weighted by molar-refractivity contribution is -0.137. The largest absolute Gasteiger partial charge is 0.463 e. The molecule has 43 heavy (non-hydrogen) atoms. The number of carbonyl (C=O) groups is 1. The Bertz CT molecular complexity index is 1880. The summed E-state index contributed by atoms with van der Waals surface area (Å²) < 4.78 is 5.25. The van der Waals surface area contributed by atoms with Crippen molar-refractivity contribution >= 4 is 56.4 Å². The summed E-state index contributed by atoms with van der Waals surface area (Å²) in [7, 11) is 0. The van der Waals surface area contributed by atoms with Crippen molar-refractivity contribution in [2.75, 3.05) is 6.61 Å². The fraction of sp³-hybridized carbons (Fsp3) is 0.378. The molecule has 0 amide bonds. The second-order valence-corrected chi connectivity index (χ2v) is 11.4. The molecule has 0 atom stereocenters. The molecule has 0 aliphatic carbocycles. The first-order valence-corrected chi connectivity index (χ1v) is 15.7. The lowest BCUT2D eigenvalue weighted by Crippen LogP contribution is -2.00. The second kappa shape index (κ2) is 12.2. The van der Waals surface area contributed by atoms with Gasteiger partial charge in [-0.2, -0.15) is 0 Å². The number of H-pyrrole nitrogens is 2. The van der Waals surface area contributed by atoms with Gasteiger partial charge in [0.1, 0.15) is 0 Å². The van der Waals surface area contributed by atoms with E-state index in [-0.39, 0.29) is 5.97 Å². The Morgan fingerprint density at radius 3 is 1.84 bits per heavy atom. The van der Waals surface area contributed by atoms with Gasteiger partial charge in [-0.15, -0.1) is 0 Å². The zero-order valence-corrected chi connectivity index (χ0v) is 27.1. The van der Waals surface area contributed by atoms with Gasteiger partial charge in [0, 0.05) is 33.7 Å². The average Bonchev–Trinajstić information content (AvgIpc) is 3.66. The molecule has 0 aromatic carbocycles. The van der Waals surface area contributed by atoms with Gasteiger partial charge in [-0.25, -0.2) is 14.8 Å². The number of aryl methyl sites for hydroxylation is 4. The highest BCUT2D eigenvalue weighted by Gasteiger charge is 2.24. The number of nitrogens with one attached hydrogen (secondary N) is 2. The van der Waals surface area contributed by atoms with E-state index in [4.69, 9.17) is 14.7 Å². The third-order valence-corrected chi connectivity index (χ3v) is 9.05. The third kappa shape index (κ3) is 5.28. The van der Waals surface area contributed by atoms with E-state index < -0.39 is 0 Å². The van der Waals surface area contributed by atoms with Crippen molar-refractivity contribution in [1.29, 1.82) is 0 Å². The number of fused-ring (bicyclic) bond motifs is 8. The number of nitrogens with zero attached hydrogens (tertiary/aromatic N) is 2. The van der Waals surface area contributed by atoms with E-state index in [0.29, 0.717) is 6.61 Å². The Hall–Kier alpha value is -4.19. The highest BCUT2D eigenvalue weighted by molar-refractivity contribution is 6.00. The van der Waals surface area contributed by atoms with Crippen molar-refractivity contribution in [3.05, 3.63) is 74.9 Å². The molecule has 2 aliphatic rings. The lowest BCUT2D eigenvalue weighted by atomic mass is 9.96. The van der Waals surface area contributed by atoms with Crippen molar-refractivity contribution in [2.45, 2.75) is 88.0 Å². The number of aromatic amines is 2. The van der Waals surface area contributed by atoms with Gasteiger partial charge in [0.2, 0.25) is 0 Å². The van der Waals surface area contributed by atoms with E-state index in [1.807, 2.05) is 13.0 Å². The van der Waals surface area contributed by atoms with Crippen LogP contribution in [-0.2, 0) is 22.4 Å². The van der Waals surface area contributed by atoms with Crippen LogP contribution < -0.4 is 0 Å². The van der Waals surface area contributed by atoms with Crippen LogP contribution in [0.5, 0.6) is 0 Å². The molecule has 3 aromatic heterocycles. The molecule has 0 spiro atoms. The predicted octanol–water partition coefficient (Wildman–Crippen LogP) is 9.31. The Labute approximate surface area is 255 Å². The first kappa shape index (κ1) is 30.3. The summed E-state index contributed by atoms with van der Waals surface area (Å²) >= 11 is 0. The van der Waals surface area contributed by atoms with E-state index in [9.17, 15) is 4.79 Å². The van der Waals surface area contributed by atoms with Crippen LogP contribution in [0.15, 0.2) is 24.3 Å². The van der Waals surface area contributed by atoms with Crippen LogP contribution >= 0.6 is 0 Å². The zero-order chi connectivity index (χ0) is 31.0. The molecular weight excluding hydrogens is 532 g/mol. The number of rotatable bonds is 7. The van der Waals surface area contributed by atoms with Crippen molar-refractivity contribution in [3.63, 3.8) is 0 Å². The fourth-order valence-corrected chi connectivity index (χ4v) is 6.67. The maximum absolute atomic E-state index is 12.5. The molecule has 0 unspecified atom stereocenters. The summed E-state index contributed by atoms with van der Waals surface area (Å²) in [5, 5.41) is 0.